The van der Waals surface area contributed by atoms with Crippen molar-refractivity contribution >= 4 is 18.3 Å². The van der Waals surface area contributed by atoms with Crippen molar-refractivity contribution in [2.75, 3.05) is 26.3 Å². The largest absolute Gasteiger partial charge is 0.378 e. The van der Waals surface area contributed by atoms with Gasteiger partial charge in [-0.2, -0.15) is 0 Å². The van der Waals surface area contributed by atoms with Crippen LogP contribution in [0.3, 0.4) is 0 Å². The molecule has 1 aliphatic rings. The molecule has 1 heterocycles. The molecule has 1 atom stereocenters. The Morgan fingerprint density at radius 2 is 2.18 bits per heavy atom. The van der Waals surface area contributed by atoms with Gasteiger partial charge in [-0.1, -0.05) is 20.8 Å². The van der Waals surface area contributed by atoms with E-state index in [4.69, 9.17) is 4.74 Å². The van der Waals surface area contributed by atoms with Crippen LogP contribution in [0.5, 0.6) is 0 Å². The van der Waals surface area contributed by atoms with E-state index in [1.807, 2.05) is 0 Å². The maximum atomic E-state index is 11.6. The van der Waals surface area contributed by atoms with Crippen LogP contribution in [0.25, 0.3) is 0 Å². The summed E-state index contributed by atoms with van der Waals surface area (Å²) in [5, 5.41) is 6.22. The molecule has 0 aromatic rings. The lowest BCUT2D eigenvalue weighted by Crippen LogP contribution is -2.44. The Morgan fingerprint density at radius 3 is 2.71 bits per heavy atom. The maximum Gasteiger partial charge on any atom is 0.221 e. The molecule has 0 radical (unpaired) electrons. The molecule has 1 saturated heterocycles. The van der Waals surface area contributed by atoms with Gasteiger partial charge in [0.2, 0.25) is 5.91 Å². The Hall–Kier alpha value is -0.320. The van der Waals surface area contributed by atoms with Gasteiger partial charge in [-0.25, -0.2) is 0 Å². The topological polar surface area (TPSA) is 50.4 Å². The summed E-state index contributed by atoms with van der Waals surface area (Å²) in [5.41, 5.74) is 0.277. The summed E-state index contributed by atoms with van der Waals surface area (Å²) < 4.78 is 5.30. The second-order valence-corrected chi connectivity index (χ2v) is 5.59. The summed E-state index contributed by atoms with van der Waals surface area (Å²) in [5.74, 6) is 0.118. The smallest absolute Gasteiger partial charge is 0.221 e. The minimum absolute atomic E-state index is 0. The number of morpholine rings is 1. The van der Waals surface area contributed by atoms with Crippen LogP contribution in [-0.2, 0) is 9.53 Å². The predicted octanol–water partition coefficient (Wildman–Crippen LogP) is 1.34. The highest BCUT2D eigenvalue weighted by atomic mass is 35.5. The minimum Gasteiger partial charge on any atom is -0.378 e. The van der Waals surface area contributed by atoms with Gasteiger partial charge in [0.1, 0.15) is 0 Å². The van der Waals surface area contributed by atoms with E-state index in [2.05, 4.69) is 31.4 Å². The van der Waals surface area contributed by atoms with Crippen LogP contribution in [0, 0.1) is 5.41 Å². The summed E-state index contributed by atoms with van der Waals surface area (Å²) in [7, 11) is 0. The first kappa shape index (κ1) is 16.7. The summed E-state index contributed by atoms with van der Waals surface area (Å²) >= 11 is 0. The fraction of sp³-hybridized carbons (Fsp3) is 0.917. The molecule has 0 aliphatic carbocycles. The fourth-order valence-electron chi connectivity index (χ4n) is 1.62. The Morgan fingerprint density at radius 1 is 1.47 bits per heavy atom. The molecule has 17 heavy (non-hydrogen) atoms. The molecule has 1 unspecified atom stereocenters. The van der Waals surface area contributed by atoms with Gasteiger partial charge in [0.05, 0.1) is 13.2 Å². The molecule has 1 rings (SSSR count). The summed E-state index contributed by atoms with van der Waals surface area (Å²) in [6.45, 7) is 9.53. The molecule has 0 aromatic carbocycles. The lowest BCUT2D eigenvalue weighted by atomic mass is 9.92. The molecule has 5 heteroatoms. The lowest BCUT2D eigenvalue weighted by Gasteiger charge is -2.23. The Labute approximate surface area is 110 Å². The van der Waals surface area contributed by atoms with Crippen molar-refractivity contribution in [1.82, 2.24) is 10.6 Å². The van der Waals surface area contributed by atoms with Crippen molar-refractivity contribution < 1.29 is 9.53 Å². The number of nitrogens with one attached hydrogen (secondary N) is 2. The highest BCUT2D eigenvalue weighted by Gasteiger charge is 2.17. The van der Waals surface area contributed by atoms with Gasteiger partial charge in [-0.3, -0.25) is 4.79 Å². The van der Waals surface area contributed by atoms with E-state index in [0.717, 1.165) is 26.1 Å². The van der Waals surface area contributed by atoms with Gasteiger partial charge in [0, 0.05) is 25.6 Å². The predicted molar refractivity (Wildman–Crippen MR) is 71.6 cm³/mol. The van der Waals surface area contributed by atoms with Gasteiger partial charge >= 0.3 is 0 Å². The summed E-state index contributed by atoms with van der Waals surface area (Å²) in [6.07, 6.45) is 1.53. The molecule has 0 aromatic heterocycles. The van der Waals surface area contributed by atoms with E-state index in [9.17, 15) is 4.79 Å². The third kappa shape index (κ3) is 8.41. The molecule has 4 nitrogen and oxygen atoms in total. The number of rotatable bonds is 4. The second kappa shape index (κ2) is 7.90. The van der Waals surface area contributed by atoms with Crippen molar-refractivity contribution in [3.8, 4) is 0 Å². The number of hydrogen-bond acceptors (Lipinski definition) is 3. The molecule has 2 N–H and O–H groups in total. The van der Waals surface area contributed by atoms with Gasteiger partial charge < -0.3 is 15.4 Å². The Kier molecular flexibility index (Phi) is 7.75. The van der Waals surface area contributed by atoms with Crippen LogP contribution in [0.4, 0.5) is 0 Å². The molecular weight excluding hydrogens is 240 g/mol. The van der Waals surface area contributed by atoms with Gasteiger partial charge in [-0.05, 0) is 11.8 Å². The highest BCUT2D eigenvalue weighted by molar-refractivity contribution is 5.85. The number of amides is 1. The number of ether oxygens (including phenoxy) is 1. The van der Waals surface area contributed by atoms with E-state index in [0.29, 0.717) is 13.0 Å². The molecule has 1 aliphatic heterocycles. The average Bonchev–Trinajstić information content (AvgIpc) is 2.17. The average molecular weight is 265 g/mol. The first-order valence-corrected chi connectivity index (χ1v) is 6.05. The van der Waals surface area contributed by atoms with E-state index in [-0.39, 0.29) is 29.8 Å². The van der Waals surface area contributed by atoms with E-state index in [1.54, 1.807) is 0 Å². The Balaban J connectivity index is 0.00000256. The van der Waals surface area contributed by atoms with Crippen molar-refractivity contribution in [3.05, 3.63) is 0 Å². The molecule has 102 valence electrons. The third-order valence-electron chi connectivity index (χ3n) is 2.63. The van der Waals surface area contributed by atoms with Gasteiger partial charge in [0.25, 0.3) is 0 Å². The van der Waals surface area contributed by atoms with Crippen LogP contribution in [0.2, 0.25) is 0 Å². The lowest BCUT2D eigenvalue weighted by molar-refractivity contribution is -0.122. The standard InChI is InChI=1S/C12H24N2O2.ClH/c1-12(2,3)4-5-14-11(15)8-10-9-16-7-6-13-10;/h10,13H,4-9H2,1-3H3,(H,14,15);1H. The van der Waals surface area contributed by atoms with Crippen molar-refractivity contribution in [2.24, 2.45) is 5.41 Å². The molecular formula is C12H25ClN2O2. The van der Waals surface area contributed by atoms with Crippen molar-refractivity contribution in [3.63, 3.8) is 0 Å². The molecule has 1 amide bonds. The number of carbonyl (C=O) groups is 1. The first-order valence-electron chi connectivity index (χ1n) is 6.05. The van der Waals surface area contributed by atoms with E-state index < -0.39 is 0 Å². The van der Waals surface area contributed by atoms with Crippen LogP contribution in [-0.4, -0.2) is 38.3 Å². The molecule has 0 saturated carbocycles. The zero-order valence-electron chi connectivity index (χ0n) is 11.0. The van der Waals surface area contributed by atoms with Crippen LogP contribution < -0.4 is 10.6 Å². The summed E-state index contributed by atoms with van der Waals surface area (Å²) in [6, 6.07) is 0.184. The highest BCUT2D eigenvalue weighted by Crippen LogP contribution is 2.16. The first-order chi connectivity index (χ1) is 7.47. The fourth-order valence-corrected chi connectivity index (χ4v) is 1.62. The zero-order valence-corrected chi connectivity index (χ0v) is 11.9. The van der Waals surface area contributed by atoms with E-state index >= 15 is 0 Å². The second-order valence-electron chi connectivity index (χ2n) is 5.59. The van der Waals surface area contributed by atoms with Crippen LogP contribution in [0.1, 0.15) is 33.6 Å². The van der Waals surface area contributed by atoms with Crippen molar-refractivity contribution in [1.29, 1.82) is 0 Å². The van der Waals surface area contributed by atoms with Crippen LogP contribution >= 0.6 is 12.4 Å². The molecule has 0 bridgehead atoms. The van der Waals surface area contributed by atoms with Crippen LogP contribution in [0.15, 0.2) is 0 Å². The van der Waals surface area contributed by atoms with E-state index in [1.165, 1.54) is 0 Å². The SMILES string of the molecule is CC(C)(C)CCNC(=O)CC1COCCN1.Cl. The number of halogens is 1. The monoisotopic (exact) mass is 264 g/mol. The zero-order chi connectivity index (χ0) is 12.0. The van der Waals surface area contributed by atoms with Gasteiger partial charge in [0.15, 0.2) is 0 Å². The van der Waals surface area contributed by atoms with Gasteiger partial charge in [-0.15, -0.1) is 12.4 Å². The number of carbonyl (C=O) groups excluding carboxylic acids is 1. The summed E-state index contributed by atoms with van der Waals surface area (Å²) in [4.78, 5) is 11.6. The molecule has 0 spiro atoms. The maximum absolute atomic E-state index is 11.6. The quantitative estimate of drug-likeness (QED) is 0.806. The van der Waals surface area contributed by atoms with Crippen molar-refractivity contribution in [2.45, 2.75) is 39.7 Å². The number of hydrogen-bond donors (Lipinski definition) is 2. The molecule has 1 fully saturated rings. The third-order valence-corrected chi connectivity index (χ3v) is 2.63. The Bertz CT molecular complexity index is 223. The normalized spacial score (nSPS) is 20.5. The minimum atomic E-state index is 0.